The fraction of sp³-hybridized carbons (Fsp3) is 0.556. The lowest BCUT2D eigenvalue weighted by molar-refractivity contribution is -0.133. The Bertz CT molecular complexity index is 614. The van der Waals surface area contributed by atoms with Gasteiger partial charge in [-0.3, -0.25) is 9.59 Å². The molecule has 5 nitrogen and oxygen atoms in total. The smallest absolute Gasteiger partial charge is 0.247 e. The summed E-state index contributed by atoms with van der Waals surface area (Å²) in [6.07, 6.45) is 8.41. The number of carbonyl (C=O) groups is 2. The van der Waals surface area contributed by atoms with Crippen molar-refractivity contribution in [2.24, 2.45) is 11.7 Å². The van der Waals surface area contributed by atoms with Crippen LogP contribution in [0.25, 0.3) is 6.08 Å². The minimum Gasteiger partial charge on any atom is -0.461 e. The molecule has 2 fully saturated rings. The number of nitrogens with two attached hydrogens (primary N) is 1. The average Bonchev–Trinajstić information content (AvgIpc) is 2.98. The summed E-state index contributed by atoms with van der Waals surface area (Å²) >= 11 is 0. The Morgan fingerprint density at radius 1 is 1.35 bits per heavy atom. The maximum atomic E-state index is 12.4. The van der Waals surface area contributed by atoms with Crippen molar-refractivity contribution >= 4 is 17.9 Å². The van der Waals surface area contributed by atoms with Crippen LogP contribution < -0.4 is 5.73 Å². The summed E-state index contributed by atoms with van der Waals surface area (Å²) in [4.78, 5) is 25.3. The lowest BCUT2D eigenvalue weighted by Gasteiger charge is -2.26. The third-order valence-corrected chi connectivity index (χ3v) is 4.89. The highest BCUT2D eigenvalue weighted by molar-refractivity contribution is 5.94. The van der Waals surface area contributed by atoms with Crippen LogP contribution in [0, 0.1) is 5.92 Å². The molecule has 1 aromatic heterocycles. The SMILES string of the molecule is CC1CC1c1ccc(/C=C/C(=O)N(CC(N)=O)C2CCCC2)o1. The summed E-state index contributed by atoms with van der Waals surface area (Å²) < 4.78 is 5.77. The van der Waals surface area contributed by atoms with E-state index in [0.717, 1.165) is 31.4 Å². The molecule has 2 unspecified atom stereocenters. The highest BCUT2D eigenvalue weighted by Crippen LogP contribution is 2.47. The molecule has 5 heteroatoms. The molecule has 2 N–H and O–H groups in total. The second-order valence-corrected chi connectivity index (χ2v) is 6.76. The Morgan fingerprint density at radius 2 is 2.04 bits per heavy atom. The van der Waals surface area contributed by atoms with E-state index in [0.29, 0.717) is 17.6 Å². The van der Waals surface area contributed by atoms with E-state index in [1.807, 2.05) is 12.1 Å². The van der Waals surface area contributed by atoms with Crippen LogP contribution in [0.15, 0.2) is 22.6 Å². The van der Waals surface area contributed by atoms with Crippen LogP contribution in [0.1, 0.15) is 56.5 Å². The van der Waals surface area contributed by atoms with Gasteiger partial charge >= 0.3 is 0 Å². The maximum absolute atomic E-state index is 12.4. The highest BCUT2D eigenvalue weighted by atomic mass is 16.3. The van der Waals surface area contributed by atoms with Gasteiger partial charge in [0.25, 0.3) is 0 Å². The molecule has 1 aromatic rings. The van der Waals surface area contributed by atoms with Crippen LogP contribution in [0.2, 0.25) is 0 Å². The first-order valence-electron chi connectivity index (χ1n) is 8.41. The first kappa shape index (κ1) is 15.8. The Balaban J connectivity index is 1.65. The van der Waals surface area contributed by atoms with E-state index in [1.54, 1.807) is 11.0 Å². The van der Waals surface area contributed by atoms with Gasteiger partial charge in [0.2, 0.25) is 11.8 Å². The van der Waals surface area contributed by atoms with Crippen LogP contribution in [0.4, 0.5) is 0 Å². The molecule has 0 radical (unpaired) electrons. The first-order valence-corrected chi connectivity index (χ1v) is 8.41. The monoisotopic (exact) mass is 316 g/mol. The van der Waals surface area contributed by atoms with Crippen molar-refractivity contribution in [1.29, 1.82) is 0 Å². The molecule has 124 valence electrons. The molecule has 1 heterocycles. The third kappa shape index (κ3) is 3.84. The number of hydrogen-bond donors (Lipinski definition) is 1. The first-order chi connectivity index (χ1) is 11.0. The molecule has 3 rings (SSSR count). The number of carbonyl (C=O) groups excluding carboxylic acids is 2. The molecular formula is C18H24N2O3. The van der Waals surface area contributed by atoms with Gasteiger partial charge in [0, 0.05) is 18.0 Å². The topological polar surface area (TPSA) is 76.5 Å². The predicted molar refractivity (Wildman–Crippen MR) is 87.4 cm³/mol. The van der Waals surface area contributed by atoms with E-state index in [2.05, 4.69) is 6.92 Å². The number of hydrogen-bond acceptors (Lipinski definition) is 3. The summed E-state index contributed by atoms with van der Waals surface area (Å²) in [6, 6.07) is 3.99. The van der Waals surface area contributed by atoms with Gasteiger partial charge in [-0.25, -0.2) is 0 Å². The Hall–Kier alpha value is -2.04. The molecule has 0 aromatic carbocycles. The van der Waals surface area contributed by atoms with Crippen LogP contribution in [0.3, 0.4) is 0 Å². The fourth-order valence-corrected chi connectivity index (χ4v) is 3.40. The Labute approximate surface area is 136 Å². The second kappa shape index (κ2) is 6.60. The van der Waals surface area contributed by atoms with Crippen LogP contribution in [-0.2, 0) is 9.59 Å². The Kier molecular flexibility index (Phi) is 4.55. The maximum Gasteiger partial charge on any atom is 0.247 e. The van der Waals surface area contributed by atoms with Gasteiger partial charge in [-0.1, -0.05) is 19.8 Å². The molecule has 2 atom stereocenters. The number of furan rings is 1. The molecule has 2 saturated carbocycles. The quantitative estimate of drug-likeness (QED) is 0.820. The molecule has 2 aliphatic rings. The Morgan fingerprint density at radius 3 is 2.65 bits per heavy atom. The fourth-order valence-electron chi connectivity index (χ4n) is 3.40. The molecule has 0 aliphatic heterocycles. The molecule has 0 bridgehead atoms. The highest BCUT2D eigenvalue weighted by Gasteiger charge is 2.36. The van der Waals surface area contributed by atoms with E-state index in [4.69, 9.17) is 10.2 Å². The van der Waals surface area contributed by atoms with E-state index >= 15 is 0 Å². The zero-order valence-electron chi connectivity index (χ0n) is 13.5. The van der Waals surface area contributed by atoms with Gasteiger partial charge in [-0.05, 0) is 43.4 Å². The summed E-state index contributed by atoms with van der Waals surface area (Å²) in [6.45, 7) is 2.19. The molecule has 2 amide bonds. The van der Waals surface area contributed by atoms with Crippen LogP contribution in [-0.4, -0.2) is 29.3 Å². The summed E-state index contributed by atoms with van der Waals surface area (Å²) in [5.74, 6) is 2.24. The van der Waals surface area contributed by atoms with E-state index in [9.17, 15) is 9.59 Å². The summed E-state index contributed by atoms with van der Waals surface area (Å²) in [7, 11) is 0. The van der Waals surface area contributed by atoms with Gasteiger partial charge in [-0.15, -0.1) is 0 Å². The van der Waals surface area contributed by atoms with Gasteiger partial charge in [-0.2, -0.15) is 0 Å². The largest absolute Gasteiger partial charge is 0.461 e. The van der Waals surface area contributed by atoms with Gasteiger partial charge in [0.05, 0.1) is 6.54 Å². The van der Waals surface area contributed by atoms with Crippen LogP contribution in [0.5, 0.6) is 0 Å². The van der Waals surface area contributed by atoms with Crippen molar-refractivity contribution in [3.05, 3.63) is 29.7 Å². The minimum atomic E-state index is -0.471. The van der Waals surface area contributed by atoms with E-state index in [1.165, 1.54) is 12.5 Å². The van der Waals surface area contributed by atoms with Crippen molar-refractivity contribution in [3.8, 4) is 0 Å². The van der Waals surface area contributed by atoms with Crippen molar-refractivity contribution < 1.29 is 14.0 Å². The number of amides is 2. The third-order valence-electron chi connectivity index (χ3n) is 4.89. The standard InChI is InChI=1S/C18H24N2O3/c1-12-10-15(12)16-8-6-14(23-16)7-9-18(22)20(11-17(19)21)13-4-2-3-5-13/h6-9,12-13,15H,2-5,10-11H2,1H3,(H2,19,21)/b9-7+. The van der Waals surface area contributed by atoms with E-state index in [-0.39, 0.29) is 18.5 Å². The van der Waals surface area contributed by atoms with Crippen LogP contribution >= 0.6 is 0 Å². The predicted octanol–water partition coefficient (Wildman–Crippen LogP) is 2.67. The summed E-state index contributed by atoms with van der Waals surface area (Å²) in [5.41, 5.74) is 5.29. The van der Waals surface area contributed by atoms with E-state index < -0.39 is 5.91 Å². The average molecular weight is 316 g/mol. The second-order valence-electron chi connectivity index (χ2n) is 6.76. The normalized spacial score (nSPS) is 24.2. The molecule has 0 spiro atoms. The molecule has 0 saturated heterocycles. The summed E-state index contributed by atoms with van der Waals surface area (Å²) in [5, 5.41) is 0. The number of rotatable bonds is 6. The van der Waals surface area contributed by atoms with Gasteiger partial charge < -0.3 is 15.1 Å². The lowest BCUT2D eigenvalue weighted by atomic mass is 10.2. The van der Waals surface area contributed by atoms with Crippen molar-refractivity contribution in [2.45, 2.75) is 51.0 Å². The molecule has 2 aliphatic carbocycles. The van der Waals surface area contributed by atoms with Gasteiger partial charge in [0.1, 0.15) is 11.5 Å². The van der Waals surface area contributed by atoms with Gasteiger partial charge in [0.15, 0.2) is 0 Å². The van der Waals surface area contributed by atoms with Crippen molar-refractivity contribution in [2.75, 3.05) is 6.54 Å². The number of nitrogens with zero attached hydrogens (tertiary/aromatic N) is 1. The molecular weight excluding hydrogens is 292 g/mol. The zero-order chi connectivity index (χ0) is 16.4. The lowest BCUT2D eigenvalue weighted by Crippen LogP contribution is -2.43. The number of primary amides is 1. The molecule has 23 heavy (non-hydrogen) atoms. The van der Waals surface area contributed by atoms with Crippen molar-refractivity contribution in [3.63, 3.8) is 0 Å². The minimum absolute atomic E-state index is 0.0170. The zero-order valence-corrected chi connectivity index (χ0v) is 13.5. The van der Waals surface area contributed by atoms with Crippen molar-refractivity contribution in [1.82, 2.24) is 4.90 Å².